The van der Waals surface area contributed by atoms with Crippen molar-refractivity contribution in [2.45, 2.75) is 17.5 Å². The van der Waals surface area contributed by atoms with Crippen molar-refractivity contribution in [2.75, 3.05) is 0 Å². The lowest BCUT2D eigenvalue weighted by molar-refractivity contribution is 0.224. The summed E-state index contributed by atoms with van der Waals surface area (Å²) in [5.74, 6) is 0. The first-order valence-electron chi connectivity index (χ1n) is 7.00. The Morgan fingerprint density at radius 2 is 2.04 bits per heavy atom. The maximum Gasteiger partial charge on any atom is 0.240 e. The summed E-state index contributed by atoms with van der Waals surface area (Å²) < 4.78 is 27.1. The molecule has 2 N–H and O–H groups in total. The summed E-state index contributed by atoms with van der Waals surface area (Å²) in [6.07, 6.45) is -0.681. The number of aliphatic hydroxyl groups excluding tert-OH is 1. The van der Waals surface area contributed by atoms with Crippen molar-refractivity contribution in [2.24, 2.45) is 0 Å². The molecule has 0 bridgehead atoms. The van der Waals surface area contributed by atoms with Gasteiger partial charge >= 0.3 is 0 Å². The largest absolute Gasteiger partial charge is 0.383 e. The lowest BCUT2D eigenvalue weighted by Crippen LogP contribution is -2.22. The fourth-order valence-corrected chi connectivity index (χ4v) is 5.16. The third-order valence-corrected chi connectivity index (χ3v) is 6.83. The first-order valence-corrected chi connectivity index (χ1v) is 10.6. The first-order chi connectivity index (χ1) is 11.5. The molecule has 0 aliphatic rings. The minimum Gasteiger partial charge on any atom is -0.383 e. The third-order valence-electron chi connectivity index (χ3n) is 3.35. The molecule has 4 nitrogen and oxygen atoms in total. The van der Waals surface area contributed by atoms with Crippen molar-refractivity contribution in [3.05, 3.63) is 73.6 Å². The minimum atomic E-state index is -3.62. The second-order valence-corrected chi connectivity index (χ2v) is 9.23. The van der Waals surface area contributed by atoms with Crippen LogP contribution in [0.15, 0.2) is 58.1 Å². The maximum absolute atomic E-state index is 12.3. The molecule has 1 atom stereocenters. The summed E-state index contributed by atoms with van der Waals surface area (Å²) in [4.78, 5) is 1.74. The van der Waals surface area contributed by atoms with Gasteiger partial charge in [0.2, 0.25) is 10.0 Å². The van der Waals surface area contributed by atoms with E-state index >= 15 is 0 Å². The van der Waals surface area contributed by atoms with E-state index in [0.717, 1.165) is 15.3 Å². The van der Waals surface area contributed by atoms with Gasteiger partial charge in [-0.15, -0.1) is 11.3 Å². The van der Waals surface area contributed by atoms with Gasteiger partial charge in [-0.3, -0.25) is 0 Å². The Kier molecular flexibility index (Phi) is 5.39. The Bertz CT molecular complexity index is 920. The molecular formula is C16H14ClNO3S3. The molecule has 0 amide bonds. The molecule has 0 aliphatic carbocycles. The van der Waals surface area contributed by atoms with Crippen LogP contribution in [0.5, 0.6) is 0 Å². The highest BCUT2D eigenvalue weighted by Gasteiger charge is 2.16. The van der Waals surface area contributed by atoms with E-state index in [9.17, 15) is 13.5 Å². The van der Waals surface area contributed by atoms with Crippen molar-refractivity contribution in [1.29, 1.82) is 0 Å². The Hall–Kier alpha value is -1.22. The van der Waals surface area contributed by atoms with Crippen LogP contribution in [-0.2, 0) is 16.6 Å². The molecule has 0 fully saturated rings. The van der Waals surface area contributed by atoms with Gasteiger partial charge in [-0.05, 0) is 52.7 Å². The van der Waals surface area contributed by atoms with Crippen LogP contribution in [0.1, 0.15) is 21.4 Å². The van der Waals surface area contributed by atoms with Crippen LogP contribution in [0, 0.1) is 0 Å². The molecule has 3 aromatic rings. The van der Waals surface area contributed by atoms with Crippen LogP contribution in [0.4, 0.5) is 0 Å². The number of thiophene rings is 2. The molecular weight excluding hydrogens is 386 g/mol. The van der Waals surface area contributed by atoms with Gasteiger partial charge in [0.1, 0.15) is 6.10 Å². The summed E-state index contributed by atoms with van der Waals surface area (Å²) in [7, 11) is -3.62. The Morgan fingerprint density at radius 1 is 1.21 bits per heavy atom. The standard InChI is InChI=1S/C16H14ClNO3S3/c17-12-2-1-3-14(8-12)24(20,21)18-9-13-4-5-15(23-13)16(19)11-6-7-22-10-11/h1-8,10,16,18-19H,9H2. The molecule has 3 rings (SSSR count). The van der Waals surface area contributed by atoms with E-state index in [2.05, 4.69) is 4.72 Å². The lowest BCUT2D eigenvalue weighted by Gasteiger charge is -2.07. The fourth-order valence-electron chi connectivity index (χ4n) is 2.11. The molecule has 1 aromatic carbocycles. The summed E-state index contributed by atoms with van der Waals surface area (Å²) in [6.45, 7) is 0.163. The highest BCUT2D eigenvalue weighted by atomic mass is 35.5. The predicted molar refractivity (Wildman–Crippen MR) is 98.2 cm³/mol. The van der Waals surface area contributed by atoms with E-state index < -0.39 is 16.1 Å². The fraction of sp³-hybridized carbons (Fsp3) is 0.125. The highest BCUT2D eigenvalue weighted by molar-refractivity contribution is 7.89. The molecule has 2 aromatic heterocycles. The molecule has 1 unspecified atom stereocenters. The van der Waals surface area contributed by atoms with E-state index in [1.165, 1.54) is 34.8 Å². The van der Waals surface area contributed by atoms with Gasteiger partial charge in [-0.25, -0.2) is 13.1 Å². The zero-order valence-corrected chi connectivity index (χ0v) is 15.6. The van der Waals surface area contributed by atoms with Crippen molar-refractivity contribution in [1.82, 2.24) is 4.72 Å². The van der Waals surface area contributed by atoms with Crippen molar-refractivity contribution < 1.29 is 13.5 Å². The van der Waals surface area contributed by atoms with Crippen molar-refractivity contribution in [3.8, 4) is 0 Å². The average molecular weight is 400 g/mol. The van der Waals surface area contributed by atoms with Gasteiger partial charge in [0.05, 0.1) is 4.90 Å². The van der Waals surface area contributed by atoms with Gasteiger partial charge in [0.25, 0.3) is 0 Å². The van der Waals surface area contributed by atoms with E-state index in [4.69, 9.17) is 11.6 Å². The third kappa shape index (κ3) is 4.05. The van der Waals surface area contributed by atoms with Gasteiger partial charge in [0, 0.05) is 21.3 Å². The summed E-state index contributed by atoms with van der Waals surface area (Å²) in [6, 6.07) is 11.6. The number of sulfonamides is 1. The lowest BCUT2D eigenvalue weighted by atomic mass is 10.2. The zero-order chi connectivity index (χ0) is 17.2. The second kappa shape index (κ2) is 7.35. The summed E-state index contributed by atoms with van der Waals surface area (Å²) >= 11 is 8.74. The average Bonchev–Trinajstić information content (AvgIpc) is 3.24. The van der Waals surface area contributed by atoms with Crippen molar-refractivity contribution in [3.63, 3.8) is 0 Å². The Morgan fingerprint density at radius 3 is 2.75 bits per heavy atom. The molecule has 24 heavy (non-hydrogen) atoms. The van der Waals surface area contributed by atoms with Gasteiger partial charge in [-0.1, -0.05) is 17.7 Å². The number of hydrogen-bond donors (Lipinski definition) is 2. The first kappa shape index (κ1) is 17.6. The van der Waals surface area contributed by atoms with Gasteiger partial charge in [-0.2, -0.15) is 11.3 Å². The molecule has 0 spiro atoms. The molecule has 2 heterocycles. The van der Waals surface area contributed by atoms with Gasteiger partial charge in [0.15, 0.2) is 0 Å². The highest BCUT2D eigenvalue weighted by Crippen LogP contribution is 2.29. The predicted octanol–water partition coefficient (Wildman–Crippen LogP) is 4.02. The summed E-state index contributed by atoms with van der Waals surface area (Å²) in [5.41, 5.74) is 0.841. The molecule has 8 heteroatoms. The van der Waals surface area contributed by atoms with E-state index in [1.54, 1.807) is 12.1 Å². The second-order valence-electron chi connectivity index (χ2n) is 5.05. The van der Waals surface area contributed by atoms with Crippen LogP contribution in [0.3, 0.4) is 0 Å². The van der Waals surface area contributed by atoms with E-state index in [-0.39, 0.29) is 11.4 Å². The minimum absolute atomic E-state index is 0.130. The van der Waals surface area contributed by atoms with Crippen molar-refractivity contribution >= 4 is 44.3 Å². The molecule has 0 radical (unpaired) electrons. The van der Waals surface area contributed by atoms with Crippen LogP contribution in [-0.4, -0.2) is 13.5 Å². The number of aliphatic hydroxyl groups is 1. The normalized spacial score (nSPS) is 13.1. The maximum atomic E-state index is 12.3. The number of hydrogen-bond acceptors (Lipinski definition) is 5. The van der Waals surface area contributed by atoms with E-state index in [0.29, 0.717) is 5.02 Å². The molecule has 0 saturated carbocycles. The van der Waals surface area contributed by atoms with Crippen LogP contribution >= 0.6 is 34.3 Å². The monoisotopic (exact) mass is 399 g/mol. The van der Waals surface area contributed by atoms with Crippen LogP contribution in [0.25, 0.3) is 0 Å². The van der Waals surface area contributed by atoms with Gasteiger partial charge < -0.3 is 5.11 Å². The van der Waals surface area contributed by atoms with E-state index in [1.807, 2.05) is 29.0 Å². The van der Waals surface area contributed by atoms with Crippen LogP contribution < -0.4 is 4.72 Å². The number of nitrogens with one attached hydrogen (secondary N) is 1. The SMILES string of the molecule is O=S(=O)(NCc1ccc(C(O)c2ccsc2)s1)c1cccc(Cl)c1. The quantitative estimate of drug-likeness (QED) is 0.657. The zero-order valence-electron chi connectivity index (χ0n) is 12.3. The molecule has 0 aliphatic heterocycles. The topological polar surface area (TPSA) is 66.4 Å². The molecule has 126 valence electrons. The Labute approximate surface area is 153 Å². The van der Waals surface area contributed by atoms with Crippen LogP contribution in [0.2, 0.25) is 5.02 Å². The summed E-state index contributed by atoms with van der Waals surface area (Å²) in [5, 5.41) is 14.5. The smallest absolute Gasteiger partial charge is 0.240 e. The number of rotatable bonds is 6. The Balaban J connectivity index is 1.69. The number of benzene rings is 1. The number of halogens is 1. The molecule has 0 saturated heterocycles.